The van der Waals surface area contributed by atoms with Gasteiger partial charge in [0.1, 0.15) is 5.75 Å². The molecule has 0 aliphatic carbocycles. The van der Waals surface area contributed by atoms with Gasteiger partial charge in [0.05, 0.1) is 13.0 Å². The quantitative estimate of drug-likeness (QED) is 0.733. The van der Waals surface area contributed by atoms with Crippen LogP contribution in [0, 0.1) is 13.8 Å². The van der Waals surface area contributed by atoms with E-state index in [9.17, 15) is 9.59 Å². The highest BCUT2D eigenvalue weighted by Gasteiger charge is 2.18. The standard InChI is InChI=1S/C20H22ClNO4/c1-13-7-9-16(10-8-13)25-12-11-19(23)26-15(3)20(24)22-18-6-4-5-17(21)14(18)2/h4-10,15H,11-12H2,1-3H3,(H,22,24)/t15-/m1/s1. The summed E-state index contributed by atoms with van der Waals surface area (Å²) in [5, 5.41) is 3.27. The van der Waals surface area contributed by atoms with Crippen LogP contribution in [0.15, 0.2) is 42.5 Å². The molecular formula is C20H22ClNO4. The van der Waals surface area contributed by atoms with Crippen molar-refractivity contribution < 1.29 is 19.1 Å². The number of aryl methyl sites for hydroxylation is 1. The zero-order chi connectivity index (χ0) is 19.1. The highest BCUT2D eigenvalue weighted by Crippen LogP contribution is 2.23. The number of amides is 1. The van der Waals surface area contributed by atoms with Gasteiger partial charge in [0.2, 0.25) is 0 Å². The van der Waals surface area contributed by atoms with Crippen molar-refractivity contribution in [3.63, 3.8) is 0 Å². The van der Waals surface area contributed by atoms with Crippen LogP contribution in [0.5, 0.6) is 5.75 Å². The monoisotopic (exact) mass is 375 g/mol. The number of nitrogens with one attached hydrogen (secondary N) is 1. The lowest BCUT2D eigenvalue weighted by Crippen LogP contribution is -2.30. The average molecular weight is 376 g/mol. The first-order valence-corrected chi connectivity index (χ1v) is 8.69. The molecule has 5 nitrogen and oxygen atoms in total. The topological polar surface area (TPSA) is 64.6 Å². The maximum atomic E-state index is 12.2. The summed E-state index contributed by atoms with van der Waals surface area (Å²) >= 11 is 6.03. The van der Waals surface area contributed by atoms with Gasteiger partial charge in [-0.05, 0) is 50.6 Å². The number of carbonyl (C=O) groups excluding carboxylic acids is 2. The molecule has 0 aliphatic rings. The van der Waals surface area contributed by atoms with Crippen molar-refractivity contribution in [2.75, 3.05) is 11.9 Å². The zero-order valence-electron chi connectivity index (χ0n) is 15.0. The largest absolute Gasteiger partial charge is 0.493 e. The molecular weight excluding hydrogens is 354 g/mol. The van der Waals surface area contributed by atoms with Gasteiger partial charge in [-0.2, -0.15) is 0 Å². The van der Waals surface area contributed by atoms with Crippen LogP contribution in [0.25, 0.3) is 0 Å². The Hall–Kier alpha value is -2.53. The Morgan fingerprint density at radius 2 is 1.81 bits per heavy atom. The van der Waals surface area contributed by atoms with Crippen molar-refractivity contribution >= 4 is 29.2 Å². The Balaban J connectivity index is 1.77. The van der Waals surface area contributed by atoms with Crippen LogP contribution in [0.1, 0.15) is 24.5 Å². The summed E-state index contributed by atoms with van der Waals surface area (Å²) in [7, 11) is 0. The second kappa shape index (κ2) is 9.25. The fraction of sp³-hybridized carbons (Fsp3) is 0.300. The molecule has 26 heavy (non-hydrogen) atoms. The van der Waals surface area contributed by atoms with Gasteiger partial charge in [-0.1, -0.05) is 35.4 Å². The molecule has 0 aromatic heterocycles. The molecule has 0 saturated heterocycles. The third-order valence-corrected chi connectivity index (χ3v) is 4.21. The van der Waals surface area contributed by atoms with Gasteiger partial charge in [0.25, 0.3) is 5.91 Å². The Bertz CT molecular complexity index is 774. The van der Waals surface area contributed by atoms with Crippen molar-refractivity contribution in [3.05, 3.63) is 58.6 Å². The summed E-state index contributed by atoms with van der Waals surface area (Å²) in [5.41, 5.74) is 2.48. The van der Waals surface area contributed by atoms with Gasteiger partial charge >= 0.3 is 5.97 Å². The number of ether oxygens (including phenoxy) is 2. The summed E-state index contributed by atoms with van der Waals surface area (Å²) < 4.78 is 10.6. The number of rotatable bonds is 7. The van der Waals surface area contributed by atoms with E-state index in [0.717, 1.165) is 11.1 Å². The van der Waals surface area contributed by atoms with Crippen molar-refractivity contribution in [3.8, 4) is 5.75 Å². The van der Waals surface area contributed by atoms with Crippen molar-refractivity contribution in [1.29, 1.82) is 0 Å². The highest BCUT2D eigenvalue weighted by atomic mass is 35.5. The molecule has 2 aromatic carbocycles. The Morgan fingerprint density at radius 1 is 1.12 bits per heavy atom. The Labute approximate surface area is 158 Å². The van der Waals surface area contributed by atoms with Crippen LogP contribution in [0.3, 0.4) is 0 Å². The fourth-order valence-corrected chi connectivity index (χ4v) is 2.35. The number of hydrogen-bond acceptors (Lipinski definition) is 4. The SMILES string of the molecule is Cc1ccc(OCCC(=O)O[C@H](C)C(=O)Nc2cccc(Cl)c2C)cc1. The molecule has 0 fully saturated rings. The van der Waals surface area contributed by atoms with Gasteiger partial charge in [0, 0.05) is 10.7 Å². The zero-order valence-corrected chi connectivity index (χ0v) is 15.8. The van der Waals surface area contributed by atoms with E-state index in [0.29, 0.717) is 16.5 Å². The number of carbonyl (C=O) groups is 2. The Kier molecular flexibility index (Phi) is 7.04. The molecule has 0 unspecified atom stereocenters. The molecule has 2 rings (SSSR count). The second-order valence-corrected chi connectivity index (χ2v) is 6.35. The number of hydrogen-bond donors (Lipinski definition) is 1. The predicted molar refractivity (Wildman–Crippen MR) is 102 cm³/mol. The number of esters is 1. The minimum Gasteiger partial charge on any atom is -0.493 e. The smallest absolute Gasteiger partial charge is 0.310 e. The molecule has 138 valence electrons. The molecule has 0 heterocycles. The Morgan fingerprint density at radius 3 is 2.50 bits per heavy atom. The van der Waals surface area contributed by atoms with E-state index in [2.05, 4.69) is 5.32 Å². The first kappa shape index (κ1) is 19.8. The minimum absolute atomic E-state index is 0.0572. The summed E-state index contributed by atoms with van der Waals surface area (Å²) in [4.78, 5) is 24.0. The summed E-state index contributed by atoms with van der Waals surface area (Å²) in [6, 6.07) is 12.8. The molecule has 1 amide bonds. The third kappa shape index (κ3) is 5.77. The third-order valence-electron chi connectivity index (χ3n) is 3.80. The molecule has 0 saturated carbocycles. The first-order valence-electron chi connectivity index (χ1n) is 8.31. The lowest BCUT2D eigenvalue weighted by molar-refractivity contribution is -0.153. The maximum Gasteiger partial charge on any atom is 0.310 e. The van der Waals surface area contributed by atoms with E-state index in [1.165, 1.54) is 6.92 Å². The van der Waals surface area contributed by atoms with Crippen LogP contribution >= 0.6 is 11.6 Å². The van der Waals surface area contributed by atoms with E-state index in [1.807, 2.05) is 31.2 Å². The normalized spacial score (nSPS) is 11.5. The predicted octanol–water partition coefficient (Wildman–Crippen LogP) is 4.30. The van der Waals surface area contributed by atoms with Crippen LogP contribution in [-0.4, -0.2) is 24.6 Å². The van der Waals surface area contributed by atoms with Gasteiger partial charge < -0.3 is 14.8 Å². The van der Waals surface area contributed by atoms with E-state index in [4.69, 9.17) is 21.1 Å². The minimum atomic E-state index is -0.916. The lowest BCUT2D eigenvalue weighted by atomic mass is 10.2. The molecule has 0 radical (unpaired) electrons. The second-order valence-electron chi connectivity index (χ2n) is 5.95. The molecule has 0 bridgehead atoms. The summed E-state index contributed by atoms with van der Waals surface area (Å²) in [6.45, 7) is 5.49. The molecule has 0 aliphatic heterocycles. The van der Waals surface area contributed by atoms with Crippen LogP contribution in [-0.2, 0) is 14.3 Å². The van der Waals surface area contributed by atoms with E-state index < -0.39 is 18.0 Å². The van der Waals surface area contributed by atoms with E-state index in [-0.39, 0.29) is 13.0 Å². The average Bonchev–Trinajstić information content (AvgIpc) is 2.60. The fourth-order valence-electron chi connectivity index (χ4n) is 2.17. The van der Waals surface area contributed by atoms with Crippen molar-refractivity contribution in [2.24, 2.45) is 0 Å². The van der Waals surface area contributed by atoms with Gasteiger partial charge in [-0.3, -0.25) is 9.59 Å². The number of benzene rings is 2. The molecule has 0 spiro atoms. The van der Waals surface area contributed by atoms with Crippen LogP contribution < -0.4 is 10.1 Å². The van der Waals surface area contributed by atoms with E-state index >= 15 is 0 Å². The lowest BCUT2D eigenvalue weighted by Gasteiger charge is -2.15. The van der Waals surface area contributed by atoms with Gasteiger partial charge in [-0.25, -0.2) is 0 Å². The summed E-state index contributed by atoms with van der Waals surface area (Å²) in [5.74, 6) is -0.226. The highest BCUT2D eigenvalue weighted by molar-refractivity contribution is 6.31. The molecule has 6 heteroatoms. The van der Waals surface area contributed by atoms with Gasteiger partial charge in [-0.15, -0.1) is 0 Å². The van der Waals surface area contributed by atoms with Gasteiger partial charge in [0.15, 0.2) is 6.10 Å². The molecule has 1 atom stereocenters. The molecule has 2 aromatic rings. The van der Waals surface area contributed by atoms with Crippen LogP contribution in [0.4, 0.5) is 5.69 Å². The summed E-state index contributed by atoms with van der Waals surface area (Å²) in [6.07, 6.45) is -0.859. The maximum absolute atomic E-state index is 12.2. The van der Waals surface area contributed by atoms with E-state index in [1.54, 1.807) is 25.1 Å². The molecule has 1 N–H and O–H groups in total. The van der Waals surface area contributed by atoms with Crippen LogP contribution in [0.2, 0.25) is 5.02 Å². The first-order chi connectivity index (χ1) is 12.4. The van der Waals surface area contributed by atoms with Crippen molar-refractivity contribution in [2.45, 2.75) is 33.3 Å². The number of halogens is 1. The van der Waals surface area contributed by atoms with Crippen molar-refractivity contribution in [1.82, 2.24) is 0 Å². The number of anilines is 1.